The fraction of sp³-hybridized carbons (Fsp3) is 0.467. The maximum atomic E-state index is 11.7. The molecule has 0 atom stereocenters. The summed E-state index contributed by atoms with van der Waals surface area (Å²) in [4.78, 5) is 30.1. The average Bonchev–Trinajstić information content (AvgIpc) is 2.78. The van der Waals surface area contributed by atoms with Crippen LogP contribution in [0.2, 0.25) is 5.02 Å². The maximum Gasteiger partial charge on any atom is 0.289 e. The molecule has 2 heterocycles. The lowest BCUT2D eigenvalue weighted by atomic mass is 10.3. The van der Waals surface area contributed by atoms with Gasteiger partial charge in [0.15, 0.2) is 0 Å². The second-order valence-corrected chi connectivity index (χ2v) is 5.76. The molecule has 1 fully saturated rings. The molecule has 1 aromatic rings. The molecule has 128 valence electrons. The second-order valence-electron chi connectivity index (χ2n) is 5.35. The van der Waals surface area contributed by atoms with Gasteiger partial charge >= 0.3 is 0 Å². The lowest BCUT2D eigenvalue weighted by molar-refractivity contribution is -0.385. The van der Waals surface area contributed by atoms with Gasteiger partial charge in [-0.3, -0.25) is 19.8 Å². The number of carbonyl (C=O) groups excluding carboxylic acids is 1. The van der Waals surface area contributed by atoms with Crippen molar-refractivity contribution in [2.45, 2.75) is 6.42 Å². The van der Waals surface area contributed by atoms with Crippen LogP contribution >= 0.6 is 11.6 Å². The standard InChI is InChI=1S/C15H18ClN5O3/c1-2-4-17-14(22)11-19-5-3-6-20(8-7-19)15-13(16)9-12(10-18-15)21(23)24/h1,9-10H,3-8,11H2,(H,17,22). The third-order valence-corrected chi connectivity index (χ3v) is 3.94. The summed E-state index contributed by atoms with van der Waals surface area (Å²) in [6, 6.07) is 1.31. The summed E-state index contributed by atoms with van der Waals surface area (Å²) in [5.41, 5.74) is -0.134. The SMILES string of the molecule is C#CCNC(=O)CN1CCCN(c2ncc([N+](=O)[O-])cc2Cl)CC1. The van der Waals surface area contributed by atoms with E-state index in [4.69, 9.17) is 18.0 Å². The molecule has 9 heteroatoms. The monoisotopic (exact) mass is 351 g/mol. The van der Waals surface area contributed by atoms with E-state index in [-0.39, 0.29) is 29.7 Å². The first-order valence-corrected chi connectivity index (χ1v) is 7.86. The summed E-state index contributed by atoms with van der Waals surface area (Å²) in [6.07, 6.45) is 7.15. The Labute approximate surface area is 144 Å². The van der Waals surface area contributed by atoms with Crippen molar-refractivity contribution < 1.29 is 9.72 Å². The number of halogens is 1. The van der Waals surface area contributed by atoms with Gasteiger partial charge in [0.25, 0.3) is 5.69 Å². The smallest absolute Gasteiger partial charge is 0.289 e. The van der Waals surface area contributed by atoms with Crippen LogP contribution in [0.3, 0.4) is 0 Å². The predicted molar refractivity (Wildman–Crippen MR) is 91.0 cm³/mol. The number of hydrogen-bond acceptors (Lipinski definition) is 6. The Bertz CT molecular complexity index is 661. The van der Waals surface area contributed by atoms with Crippen molar-refractivity contribution in [3.63, 3.8) is 0 Å². The molecule has 1 aromatic heterocycles. The number of anilines is 1. The van der Waals surface area contributed by atoms with Crippen LogP contribution in [0.25, 0.3) is 0 Å². The van der Waals surface area contributed by atoms with Crippen LogP contribution in [0.15, 0.2) is 12.3 Å². The van der Waals surface area contributed by atoms with Gasteiger partial charge in [-0.15, -0.1) is 6.42 Å². The minimum atomic E-state index is -0.526. The highest BCUT2D eigenvalue weighted by atomic mass is 35.5. The minimum absolute atomic E-state index is 0.104. The third-order valence-electron chi connectivity index (χ3n) is 3.66. The van der Waals surface area contributed by atoms with Crippen LogP contribution in [0.5, 0.6) is 0 Å². The highest BCUT2D eigenvalue weighted by Gasteiger charge is 2.21. The first-order valence-electron chi connectivity index (χ1n) is 7.48. The molecule has 0 radical (unpaired) electrons. The number of amides is 1. The number of aromatic nitrogens is 1. The first kappa shape index (κ1) is 18.0. The van der Waals surface area contributed by atoms with Crippen LogP contribution in [0.4, 0.5) is 11.5 Å². The molecule has 0 unspecified atom stereocenters. The Morgan fingerprint density at radius 3 is 2.92 bits per heavy atom. The summed E-state index contributed by atoms with van der Waals surface area (Å²) in [5.74, 6) is 2.79. The van der Waals surface area contributed by atoms with Crippen LogP contribution < -0.4 is 10.2 Å². The van der Waals surface area contributed by atoms with Crippen LogP contribution in [0.1, 0.15) is 6.42 Å². The van der Waals surface area contributed by atoms with Crippen molar-refractivity contribution in [2.75, 3.05) is 44.2 Å². The quantitative estimate of drug-likeness (QED) is 0.481. The van der Waals surface area contributed by atoms with Gasteiger partial charge in [-0.2, -0.15) is 0 Å². The van der Waals surface area contributed by atoms with Gasteiger partial charge in [0.2, 0.25) is 5.91 Å². The van der Waals surface area contributed by atoms with Crippen LogP contribution in [-0.2, 0) is 4.79 Å². The molecular weight excluding hydrogens is 334 g/mol. The van der Waals surface area contributed by atoms with E-state index in [1.165, 1.54) is 12.3 Å². The van der Waals surface area contributed by atoms with Crippen LogP contribution in [-0.4, -0.2) is 60.0 Å². The van der Waals surface area contributed by atoms with Gasteiger partial charge in [0, 0.05) is 32.2 Å². The minimum Gasteiger partial charge on any atom is -0.354 e. The Balaban J connectivity index is 1.97. The maximum absolute atomic E-state index is 11.7. The topological polar surface area (TPSA) is 91.6 Å². The zero-order valence-electron chi connectivity index (χ0n) is 13.1. The van der Waals surface area contributed by atoms with E-state index < -0.39 is 4.92 Å². The Hall–Kier alpha value is -2.37. The zero-order chi connectivity index (χ0) is 17.5. The highest BCUT2D eigenvalue weighted by Crippen LogP contribution is 2.27. The van der Waals surface area contributed by atoms with E-state index in [0.717, 1.165) is 13.0 Å². The molecule has 1 aliphatic heterocycles. The lowest BCUT2D eigenvalue weighted by Gasteiger charge is -2.23. The van der Waals surface area contributed by atoms with E-state index in [1.807, 2.05) is 9.80 Å². The molecule has 0 saturated carbocycles. The number of nitrogens with zero attached hydrogens (tertiary/aromatic N) is 4. The second kappa shape index (κ2) is 8.47. The third kappa shape index (κ3) is 4.81. The van der Waals surface area contributed by atoms with Crippen molar-refractivity contribution in [1.82, 2.24) is 15.2 Å². The normalized spacial score (nSPS) is 15.4. The van der Waals surface area contributed by atoms with Crippen molar-refractivity contribution in [3.8, 4) is 12.3 Å². The number of carbonyl (C=O) groups is 1. The summed E-state index contributed by atoms with van der Waals surface area (Å²) >= 11 is 6.13. The molecule has 1 saturated heterocycles. The predicted octanol–water partition coefficient (Wildman–Crippen LogP) is 0.905. The molecule has 0 bridgehead atoms. The van der Waals surface area contributed by atoms with Crippen molar-refractivity contribution >= 4 is 29.0 Å². The van der Waals surface area contributed by atoms with Gasteiger partial charge in [-0.05, 0) is 6.42 Å². The van der Waals surface area contributed by atoms with Crippen molar-refractivity contribution in [2.24, 2.45) is 0 Å². The fourth-order valence-electron chi connectivity index (χ4n) is 2.50. The van der Waals surface area contributed by atoms with Gasteiger partial charge in [0.1, 0.15) is 12.0 Å². The zero-order valence-corrected chi connectivity index (χ0v) is 13.8. The van der Waals surface area contributed by atoms with Gasteiger partial charge in [-0.1, -0.05) is 17.5 Å². The molecule has 1 aliphatic rings. The number of nitrogens with one attached hydrogen (secondary N) is 1. The number of nitro groups is 1. The highest BCUT2D eigenvalue weighted by molar-refractivity contribution is 6.33. The van der Waals surface area contributed by atoms with Gasteiger partial charge < -0.3 is 10.2 Å². The van der Waals surface area contributed by atoms with E-state index in [0.29, 0.717) is 25.5 Å². The summed E-state index contributed by atoms with van der Waals surface area (Å²) in [5, 5.41) is 13.6. The number of rotatable bonds is 5. The molecule has 0 aromatic carbocycles. The molecule has 1 amide bonds. The molecular formula is C15H18ClN5O3. The van der Waals surface area contributed by atoms with E-state index >= 15 is 0 Å². The average molecular weight is 352 g/mol. The number of pyridine rings is 1. The molecule has 8 nitrogen and oxygen atoms in total. The van der Waals surface area contributed by atoms with Crippen molar-refractivity contribution in [1.29, 1.82) is 0 Å². The Kier molecular flexibility index (Phi) is 6.35. The van der Waals surface area contributed by atoms with Crippen molar-refractivity contribution in [3.05, 3.63) is 27.4 Å². The lowest BCUT2D eigenvalue weighted by Crippen LogP contribution is -2.39. The summed E-state index contributed by atoms with van der Waals surface area (Å²) < 4.78 is 0. The van der Waals surface area contributed by atoms with E-state index in [9.17, 15) is 14.9 Å². The fourth-order valence-corrected chi connectivity index (χ4v) is 2.78. The Morgan fingerprint density at radius 1 is 1.46 bits per heavy atom. The van der Waals surface area contributed by atoms with E-state index in [2.05, 4.69) is 16.2 Å². The molecule has 1 N–H and O–H groups in total. The van der Waals surface area contributed by atoms with Crippen LogP contribution in [0, 0.1) is 22.5 Å². The first-order chi connectivity index (χ1) is 11.5. The number of terminal acetylenes is 1. The molecule has 2 rings (SSSR count). The number of hydrogen-bond donors (Lipinski definition) is 1. The largest absolute Gasteiger partial charge is 0.354 e. The molecule has 0 aliphatic carbocycles. The van der Waals surface area contributed by atoms with Gasteiger partial charge in [-0.25, -0.2) is 4.98 Å². The summed E-state index contributed by atoms with van der Waals surface area (Å²) in [6.45, 7) is 3.29. The Morgan fingerprint density at radius 2 is 2.25 bits per heavy atom. The van der Waals surface area contributed by atoms with E-state index in [1.54, 1.807) is 0 Å². The molecule has 0 spiro atoms. The van der Waals surface area contributed by atoms with Gasteiger partial charge in [0.05, 0.1) is 23.0 Å². The molecule has 24 heavy (non-hydrogen) atoms. The summed E-state index contributed by atoms with van der Waals surface area (Å²) in [7, 11) is 0.